The monoisotopic (exact) mass is 395 g/mol. The van der Waals surface area contributed by atoms with Gasteiger partial charge in [-0.25, -0.2) is 13.5 Å². The lowest BCUT2D eigenvalue weighted by Gasteiger charge is -2.23. The van der Waals surface area contributed by atoms with Crippen LogP contribution in [-0.2, 0) is 4.79 Å². The summed E-state index contributed by atoms with van der Waals surface area (Å²) in [4.78, 5) is 25.6. The molecule has 1 aliphatic rings. The van der Waals surface area contributed by atoms with E-state index in [4.69, 9.17) is 0 Å². The molecule has 5 nitrogen and oxygen atoms in total. The van der Waals surface area contributed by atoms with Gasteiger partial charge in [0.1, 0.15) is 17.3 Å². The topological polar surface area (TPSA) is 64.0 Å². The van der Waals surface area contributed by atoms with Gasteiger partial charge in [-0.05, 0) is 50.1 Å². The summed E-state index contributed by atoms with van der Waals surface area (Å²) in [5, 5.41) is 7.03. The quantitative estimate of drug-likeness (QED) is 0.669. The van der Waals surface area contributed by atoms with Gasteiger partial charge in [-0.2, -0.15) is 5.10 Å². The number of nitrogens with zero attached hydrogens (tertiary/aromatic N) is 2. The standard InChI is InChI=1S/C22H19F2N3O2/c1-11-4-5-14(8-12(11)2)21(29)16-10-19(28)25-22-20(16)13(3)26-27(22)18-7-6-15(23)9-17(18)24/h4-9,16H,10H2,1-3H3,(H,25,28)/t16-/m0/s1. The van der Waals surface area contributed by atoms with Crippen LogP contribution >= 0.6 is 0 Å². The van der Waals surface area contributed by atoms with E-state index >= 15 is 0 Å². The molecule has 0 unspecified atom stereocenters. The van der Waals surface area contributed by atoms with Gasteiger partial charge >= 0.3 is 0 Å². The lowest BCUT2D eigenvalue weighted by atomic mass is 9.85. The smallest absolute Gasteiger partial charge is 0.226 e. The highest BCUT2D eigenvalue weighted by molar-refractivity contribution is 6.08. The fourth-order valence-electron chi connectivity index (χ4n) is 3.69. The van der Waals surface area contributed by atoms with Crippen molar-refractivity contribution in [2.45, 2.75) is 33.1 Å². The predicted octanol–water partition coefficient (Wildman–Crippen LogP) is 4.38. The van der Waals surface area contributed by atoms with Crippen molar-refractivity contribution >= 4 is 17.5 Å². The van der Waals surface area contributed by atoms with Crippen molar-refractivity contribution in [3.05, 3.63) is 76.0 Å². The Labute approximate surface area is 166 Å². The van der Waals surface area contributed by atoms with E-state index in [-0.39, 0.29) is 29.6 Å². The van der Waals surface area contributed by atoms with E-state index in [9.17, 15) is 18.4 Å². The summed E-state index contributed by atoms with van der Waals surface area (Å²) in [7, 11) is 0. The summed E-state index contributed by atoms with van der Waals surface area (Å²) in [5.74, 6) is -2.55. The second-order valence-corrected chi connectivity index (χ2v) is 7.32. The Kier molecular flexibility index (Phi) is 4.53. The molecular formula is C22H19F2N3O2. The Morgan fingerprint density at radius 3 is 2.55 bits per heavy atom. The van der Waals surface area contributed by atoms with Gasteiger partial charge in [0.2, 0.25) is 5.91 Å². The molecule has 2 aromatic carbocycles. The fourth-order valence-corrected chi connectivity index (χ4v) is 3.69. The molecule has 1 aromatic heterocycles. The van der Waals surface area contributed by atoms with Crippen LogP contribution in [0.15, 0.2) is 36.4 Å². The van der Waals surface area contributed by atoms with Crippen LogP contribution < -0.4 is 5.32 Å². The summed E-state index contributed by atoms with van der Waals surface area (Å²) < 4.78 is 28.9. The van der Waals surface area contributed by atoms with Crippen molar-refractivity contribution < 1.29 is 18.4 Å². The van der Waals surface area contributed by atoms with Gasteiger partial charge < -0.3 is 5.32 Å². The first kappa shape index (κ1) is 19.0. The van der Waals surface area contributed by atoms with Crippen LogP contribution in [0.25, 0.3) is 5.69 Å². The number of carbonyl (C=O) groups excluding carboxylic acids is 2. The molecule has 0 saturated carbocycles. The molecule has 7 heteroatoms. The number of ketones is 1. The summed E-state index contributed by atoms with van der Waals surface area (Å²) in [6.07, 6.45) is -0.0167. The second-order valence-electron chi connectivity index (χ2n) is 7.32. The molecule has 0 radical (unpaired) electrons. The van der Waals surface area contributed by atoms with Crippen molar-refractivity contribution in [1.29, 1.82) is 0 Å². The lowest BCUT2D eigenvalue weighted by Crippen LogP contribution is -2.28. The molecule has 0 aliphatic carbocycles. The lowest BCUT2D eigenvalue weighted by molar-refractivity contribution is -0.116. The molecule has 4 rings (SSSR count). The Morgan fingerprint density at radius 2 is 1.86 bits per heavy atom. The summed E-state index contributed by atoms with van der Waals surface area (Å²) in [6, 6.07) is 8.54. The SMILES string of the molecule is Cc1ccc(C(=O)[C@H]2CC(=O)Nc3c2c(C)nn3-c2ccc(F)cc2F)cc1C. The molecule has 0 saturated heterocycles. The van der Waals surface area contributed by atoms with Crippen LogP contribution in [0.1, 0.15) is 45.1 Å². The Morgan fingerprint density at radius 1 is 1.10 bits per heavy atom. The fraction of sp³-hybridized carbons (Fsp3) is 0.227. The maximum atomic E-state index is 14.3. The van der Waals surface area contributed by atoms with Crippen molar-refractivity contribution in [1.82, 2.24) is 9.78 Å². The van der Waals surface area contributed by atoms with Crippen LogP contribution in [0, 0.1) is 32.4 Å². The number of aryl methyl sites for hydroxylation is 3. The molecule has 1 aliphatic heterocycles. The van der Waals surface area contributed by atoms with Crippen LogP contribution in [-0.4, -0.2) is 21.5 Å². The zero-order valence-electron chi connectivity index (χ0n) is 16.2. The summed E-state index contributed by atoms with van der Waals surface area (Å²) in [5.41, 5.74) is 3.62. The number of carbonyl (C=O) groups is 2. The highest BCUT2D eigenvalue weighted by atomic mass is 19.1. The summed E-state index contributed by atoms with van der Waals surface area (Å²) >= 11 is 0. The van der Waals surface area contributed by atoms with Gasteiger partial charge in [-0.1, -0.05) is 12.1 Å². The zero-order chi connectivity index (χ0) is 20.9. The van der Waals surface area contributed by atoms with E-state index in [0.717, 1.165) is 23.3 Å². The number of nitrogens with one attached hydrogen (secondary N) is 1. The molecule has 3 aromatic rings. The molecule has 0 bridgehead atoms. The van der Waals surface area contributed by atoms with Crippen LogP contribution in [0.4, 0.5) is 14.6 Å². The number of rotatable bonds is 3. The van der Waals surface area contributed by atoms with Gasteiger partial charge in [-0.15, -0.1) is 0 Å². The maximum Gasteiger partial charge on any atom is 0.226 e. The minimum absolute atomic E-state index is 0.00432. The van der Waals surface area contributed by atoms with Gasteiger partial charge in [0, 0.05) is 23.6 Å². The average Bonchev–Trinajstić information content (AvgIpc) is 2.99. The number of aromatic nitrogens is 2. The largest absolute Gasteiger partial charge is 0.310 e. The number of anilines is 1. The number of hydrogen-bond acceptors (Lipinski definition) is 3. The normalized spacial score (nSPS) is 15.8. The molecule has 148 valence electrons. The van der Waals surface area contributed by atoms with E-state index in [1.165, 1.54) is 10.7 Å². The van der Waals surface area contributed by atoms with Crippen molar-refractivity contribution in [3.63, 3.8) is 0 Å². The Balaban J connectivity index is 1.83. The third kappa shape index (κ3) is 3.22. The first-order valence-electron chi connectivity index (χ1n) is 9.22. The first-order valence-corrected chi connectivity index (χ1v) is 9.22. The van der Waals surface area contributed by atoms with Crippen LogP contribution in [0.2, 0.25) is 0 Å². The molecule has 1 N–H and O–H groups in total. The number of fused-ring (bicyclic) bond motifs is 1. The van der Waals surface area contributed by atoms with Gasteiger partial charge in [0.15, 0.2) is 11.6 Å². The van der Waals surface area contributed by atoms with Crippen molar-refractivity contribution in [2.75, 3.05) is 5.32 Å². The minimum Gasteiger partial charge on any atom is -0.310 e. The third-order valence-electron chi connectivity index (χ3n) is 5.35. The zero-order valence-corrected chi connectivity index (χ0v) is 16.2. The Hall–Kier alpha value is -3.35. The van der Waals surface area contributed by atoms with E-state index in [1.54, 1.807) is 13.0 Å². The number of Topliss-reactive ketones (excluding diaryl/α,β-unsaturated/α-hetero) is 1. The molecule has 0 spiro atoms. The molecule has 1 atom stereocenters. The molecule has 0 fully saturated rings. The average molecular weight is 395 g/mol. The molecule has 1 amide bonds. The van der Waals surface area contributed by atoms with Gasteiger partial charge in [0.25, 0.3) is 0 Å². The van der Waals surface area contributed by atoms with Gasteiger partial charge in [0.05, 0.1) is 11.6 Å². The third-order valence-corrected chi connectivity index (χ3v) is 5.35. The molecule has 2 heterocycles. The van der Waals surface area contributed by atoms with Crippen molar-refractivity contribution in [3.8, 4) is 5.69 Å². The van der Waals surface area contributed by atoms with E-state index < -0.39 is 17.6 Å². The molecular weight excluding hydrogens is 376 g/mol. The highest BCUT2D eigenvalue weighted by Crippen LogP contribution is 2.38. The summed E-state index contributed by atoms with van der Waals surface area (Å²) in [6.45, 7) is 5.59. The Bertz CT molecular complexity index is 1170. The van der Waals surface area contributed by atoms with Crippen molar-refractivity contribution in [2.24, 2.45) is 0 Å². The van der Waals surface area contributed by atoms with E-state index in [0.29, 0.717) is 16.8 Å². The van der Waals surface area contributed by atoms with E-state index in [2.05, 4.69) is 10.4 Å². The first-order chi connectivity index (χ1) is 13.8. The van der Waals surface area contributed by atoms with Crippen LogP contribution in [0.5, 0.6) is 0 Å². The number of amides is 1. The predicted molar refractivity (Wildman–Crippen MR) is 104 cm³/mol. The highest BCUT2D eigenvalue weighted by Gasteiger charge is 2.36. The number of halogens is 2. The maximum absolute atomic E-state index is 14.3. The number of benzene rings is 2. The van der Waals surface area contributed by atoms with Crippen LogP contribution in [0.3, 0.4) is 0 Å². The van der Waals surface area contributed by atoms with Gasteiger partial charge in [-0.3, -0.25) is 9.59 Å². The van der Waals surface area contributed by atoms with E-state index in [1.807, 2.05) is 26.0 Å². The number of hydrogen-bond donors (Lipinski definition) is 1. The molecule has 29 heavy (non-hydrogen) atoms. The minimum atomic E-state index is -0.813. The second kappa shape index (κ2) is 6.92.